The van der Waals surface area contributed by atoms with Gasteiger partial charge in [-0.05, 0) is 36.4 Å². The highest BCUT2D eigenvalue weighted by Gasteiger charge is 2.10. The van der Waals surface area contributed by atoms with Gasteiger partial charge in [-0.3, -0.25) is 9.78 Å². The summed E-state index contributed by atoms with van der Waals surface area (Å²) in [6.45, 7) is 0. The summed E-state index contributed by atoms with van der Waals surface area (Å²) in [6.07, 6.45) is 1.43. The lowest BCUT2D eigenvalue weighted by atomic mass is 10.1. The van der Waals surface area contributed by atoms with Crippen molar-refractivity contribution in [3.63, 3.8) is 0 Å². The molecule has 0 bridgehead atoms. The van der Waals surface area contributed by atoms with Crippen molar-refractivity contribution in [3.8, 4) is 17.0 Å². The largest absolute Gasteiger partial charge is 0.497 e. The van der Waals surface area contributed by atoms with E-state index in [1.54, 1.807) is 61.7 Å². The molecule has 0 saturated heterocycles. The Balaban J connectivity index is 1.78. The van der Waals surface area contributed by atoms with Crippen molar-refractivity contribution in [2.75, 3.05) is 12.4 Å². The van der Waals surface area contributed by atoms with Gasteiger partial charge in [0.25, 0.3) is 5.91 Å². The summed E-state index contributed by atoms with van der Waals surface area (Å²) < 4.78 is 18.9. The third-order valence-electron chi connectivity index (χ3n) is 3.50. The van der Waals surface area contributed by atoms with Gasteiger partial charge in [0.05, 0.1) is 18.4 Å². The predicted molar refractivity (Wildman–Crippen MR) is 90.6 cm³/mol. The number of hydrogen-bond acceptors (Lipinski definition) is 3. The van der Waals surface area contributed by atoms with Crippen molar-refractivity contribution >= 4 is 11.6 Å². The Hall–Kier alpha value is -3.21. The molecule has 24 heavy (non-hydrogen) atoms. The van der Waals surface area contributed by atoms with Crippen LogP contribution in [0, 0.1) is 5.82 Å². The topological polar surface area (TPSA) is 51.2 Å². The summed E-state index contributed by atoms with van der Waals surface area (Å²) in [5.74, 6) is 0.00949. The predicted octanol–water partition coefficient (Wildman–Crippen LogP) is 4.15. The van der Waals surface area contributed by atoms with Gasteiger partial charge in [-0.25, -0.2) is 4.39 Å². The molecule has 1 N–H and O–H groups in total. The zero-order chi connectivity index (χ0) is 16.9. The highest BCUT2D eigenvalue weighted by Crippen LogP contribution is 2.21. The molecular weight excluding hydrogens is 307 g/mol. The molecule has 1 amide bonds. The molecule has 0 saturated carbocycles. The molecule has 1 aromatic heterocycles. The number of halogens is 1. The fourth-order valence-corrected chi connectivity index (χ4v) is 2.26. The molecule has 0 unspecified atom stereocenters. The molecule has 2 aromatic carbocycles. The lowest BCUT2D eigenvalue weighted by Gasteiger charge is -2.08. The molecule has 0 aliphatic carbocycles. The number of rotatable bonds is 4. The molecule has 3 aromatic rings. The number of nitrogens with one attached hydrogen (secondary N) is 1. The first kappa shape index (κ1) is 15.7. The van der Waals surface area contributed by atoms with Crippen molar-refractivity contribution in [2.45, 2.75) is 0 Å². The van der Waals surface area contributed by atoms with Crippen LogP contribution in [0.4, 0.5) is 10.1 Å². The molecule has 0 aliphatic rings. The number of nitrogens with zero attached hydrogens (tertiary/aromatic N) is 1. The van der Waals surface area contributed by atoms with Gasteiger partial charge in [0.15, 0.2) is 0 Å². The summed E-state index contributed by atoms with van der Waals surface area (Å²) >= 11 is 0. The number of methoxy groups -OCH3 is 1. The van der Waals surface area contributed by atoms with Gasteiger partial charge in [-0.1, -0.05) is 18.2 Å². The third kappa shape index (κ3) is 3.41. The first-order valence-corrected chi connectivity index (χ1v) is 7.34. The molecule has 120 valence electrons. The Labute approximate surface area is 138 Å². The SMILES string of the molecule is COc1cccc(NC(=O)c2ccc(-c3ccccc3F)nc2)c1. The maximum Gasteiger partial charge on any atom is 0.257 e. The number of anilines is 1. The van der Waals surface area contributed by atoms with Crippen LogP contribution in [0.25, 0.3) is 11.3 Å². The van der Waals surface area contributed by atoms with Crippen molar-refractivity contribution in [1.29, 1.82) is 0 Å². The summed E-state index contributed by atoms with van der Waals surface area (Å²) in [5, 5.41) is 2.77. The van der Waals surface area contributed by atoms with Crippen LogP contribution < -0.4 is 10.1 Å². The van der Waals surface area contributed by atoms with Gasteiger partial charge >= 0.3 is 0 Å². The van der Waals surface area contributed by atoms with Gasteiger partial charge in [-0.15, -0.1) is 0 Å². The van der Waals surface area contributed by atoms with E-state index in [1.807, 2.05) is 0 Å². The molecule has 0 fully saturated rings. The van der Waals surface area contributed by atoms with Crippen LogP contribution in [0.15, 0.2) is 66.9 Å². The van der Waals surface area contributed by atoms with Gasteiger partial charge in [0.2, 0.25) is 0 Å². The van der Waals surface area contributed by atoms with Crippen molar-refractivity contribution in [1.82, 2.24) is 4.98 Å². The van der Waals surface area contributed by atoms with Crippen molar-refractivity contribution in [3.05, 3.63) is 78.2 Å². The Morgan fingerprint density at radius 2 is 1.92 bits per heavy atom. The summed E-state index contributed by atoms with van der Waals surface area (Å²) in [4.78, 5) is 16.4. The van der Waals surface area contributed by atoms with E-state index < -0.39 is 0 Å². The monoisotopic (exact) mass is 322 g/mol. The van der Waals surface area contributed by atoms with Crippen LogP contribution in [0.1, 0.15) is 10.4 Å². The Morgan fingerprint density at radius 3 is 2.62 bits per heavy atom. The Bertz CT molecular complexity index is 863. The molecule has 0 radical (unpaired) electrons. The van der Waals surface area contributed by atoms with E-state index in [2.05, 4.69) is 10.3 Å². The normalized spacial score (nSPS) is 10.2. The zero-order valence-electron chi connectivity index (χ0n) is 13.0. The smallest absolute Gasteiger partial charge is 0.257 e. The van der Waals surface area contributed by atoms with E-state index in [4.69, 9.17) is 4.74 Å². The van der Waals surface area contributed by atoms with E-state index in [0.717, 1.165) is 0 Å². The van der Waals surface area contributed by atoms with Crippen LogP contribution in [-0.2, 0) is 0 Å². The lowest BCUT2D eigenvalue weighted by molar-refractivity contribution is 0.102. The standard InChI is InChI=1S/C19H15FN2O2/c1-24-15-6-4-5-14(11-15)22-19(23)13-9-10-18(21-12-13)16-7-2-3-8-17(16)20/h2-12H,1H3,(H,22,23). The zero-order valence-corrected chi connectivity index (χ0v) is 13.0. The highest BCUT2D eigenvalue weighted by atomic mass is 19.1. The average Bonchev–Trinajstić information content (AvgIpc) is 2.62. The van der Waals surface area contributed by atoms with E-state index in [0.29, 0.717) is 28.3 Å². The highest BCUT2D eigenvalue weighted by molar-refractivity contribution is 6.04. The lowest BCUT2D eigenvalue weighted by Crippen LogP contribution is -2.12. The number of ether oxygens (including phenoxy) is 1. The molecule has 0 aliphatic heterocycles. The number of benzene rings is 2. The number of hydrogen-bond donors (Lipinski definition) is 1. The molecule has 4 nitrogen and oxygen atoms in total. The van der Waals surface area contributed by atoms with Crippen LogP contribution in [-0.4, -0.2) is 18.0 Å². The minimum Gasteiger partial charge on any atom is -0.497 e. The van der Waals surface area contributed by atoms with E-state index in [1.165, 1.54) is 12.3 Å². The molecule has 5 heteroatoms. The quantitative estimate of drug-likeness (QED) is 0.785. The molecule has 0 atom stereocenters. The maximum absolute atomic E-state index is 13.8. The van der Waals surface area contributed by atoms with E-state index >= 15 is 0 Å². The van der Waals surface area contributed by atoms with Crippen LogP contribution in [0.2, 0.25) is 0 Å². The Morgan fingerprint density at radius 1 is 1.08 bits per heavy atom. The third-order valence-corrected chi connectivity index (χ3v) is 3.50. The van der Waals surface area contributed by atoms with Crippen LogP contribution in [0.3, 0.4) is 0 Å². The molecule has 0 spiro atoms. The van der Waals surface area contributed by atoms with Gasteiger partial charge < -0.3 is 10.1 Å². The van der Waals surface area contributed by atoms with Gasteiger partial charge in [0, 0.05) is 23.5 Å². The minimum absolute atomic E-state index is 0.296. The second-order valence-electron chi connectivity index (χ2n) is 5.10. The Kier molecular flexibility index (Phi) is 4.52. The maximum atomic E-state index is 13.8. The second-order valence-corrected chi connectivity index (χ2v) is 5.10. The second kappa shape index (κ2) is 6.91. The van der Waals surface area contributed by atoms with E-state index in [9.17, 15) is 9.18 Å². The summed E-state index contributed by atoms with van der Waals surface area (Å²) in [6, 6.07) is 16.7. The van der Waals surface area contributed by atoms with Crippen molar-refractivity contribution in [2.24, 2.45) is 0 Å². The fraction of sp³-hybridized carbons (Fsp3) is 0.0526. The average molecular weight is 322 g/mol. The number of pyridine rings is 1. The van der Waals surface area contributed by atoms with Gasteiger partial charge in [0.1, 0.15) is 11.6 Å². The fourth-order valence-electron chi connectivity index (χ4n) is 2.26. The minimum atomic E-state index is -0.349. The first-order valence-electron chi connectivity index (χ1n) is 7.34. The first-order chi connectivity index (χ1) is 11.7. The number of carbonyl (C=O) groups is 1. The molecule has 1 heterocycles. The number of amides is 1. The van der Waals surface area contributed by atoms with E-state index in [-0.39, 0.29) is 11.7 Å². The van der Waals surface area contributed by atoms with Crippen LogP contribution >= 0.6 is 0 Å². The summed E-state index contributed by atoms with van der Waals surface area (Å²) in [5.41, 5.74) is 1.89. The summed E-state index contributed by atoms with van der Waals surface area (Å²) in [7, 11) is 1.56. The number of carbonyl (C=O) groups excluding carboxylic acids is 1. The molecular formula is C19H15FN2O2. The van der Waals surface area contributed by atoms with Gasteiger partial charge in [-0.2, -0.15) is 0 Å². The molecule has 3 rings (SSSR count). The van der Waals surface area contributed by atoms with Crippen LogP contribution in [0.5, 0.6) is 5.75 Å². The van der Waals surface area contributed by atoms with Crippen molar-refractivity contribution < 1.29 is 13.9 Å². The number of aromatic nitrogens is 1.